The highest BCUT2D eigenvalue weighted by Crippen LogP contribution is 2.52. The summed E-state index contributed by atoms with van der Waals surface area (Å²) in [5.41, 5.74) is 20.4. The van der Waals surface area contributed by atoms with Gasteiger partial charge in [-0.25, -0.2) is 0 Å². The third-order valence-corrected chi connectivity index (χ3v) is 11.9. The number of benzene rings is 9. The molecule has 0 radical (unpaired) electrons. The van der Waals surface area contributed by atoms with Gasteiger partial charge in [0.2, 0.25) is 0 Å². The molecule has 1 aliphatic carbocycles. The molecule has 1 heteroatoms. The first-order valence-corrected chi connectivity index (χ1v) is 20.2. The Balaban J connectivity index is 1.23. The summed E-state index contributed by atoms with van der Waals surface area (Å²) in [4.78, 5) is 2.49. The number of rotatable bonds is 8. The van der Waals surface area contributed by atoms with Gasteiger partial charge in [-0.2, -0.15) is 0 Å². The number of fused-ring (bicyclic) bond motifs is 3. The van der Waals surface area contributed by atoms with Crippen LogP contribution in [-0.4, -0.2) is 0 Å². The molecule has 0 amide bonds. The molecule has 0 unspecified atom stereocenters. The molecule has 0 fully saturated rings. The maximum absolute atomic E-state index is 2.49. The standard InChI is InChI=1S/C57H43N/c1-57(2)54-32-18-16-30-51(54)52-35-34-45(39-55(52)57)58(46-37-43(40-20-6-3-7-21-40)36-44(38-46)41-22-8-4-9-23-41)56-33-19-17-31-53(56)50-29-15-14-28-49(50)48-27-13-12-26-47(48)42-24-10-5-11-25-42/h3-39H,1-2H3. The topological polar surface area (TPSA) is 3.24 Å². The predicted octanol–water partition coefficient (Wildman–Crippen LogP) is 15.8. The average Bonchev–Trinajstić information content (AvgIpc) is 3.52. The number of hydrogen-bond donors (Lipinski definition) is 0. The van der Waals surface area contributed by atoms with Crippen LogP contribution in [0.15, 0.2) is 224 Å². The van der Waals surface area contributed by atoms with Gasteiger partial charge in [0, 0.05) is 22.4 Å². The van der Waals surface area contributed by atoms with Crippen molar-refractivity contribution >= 4 is 17.1 Å². The largest absolute Gasteiger partial charge is 0.310 e. The van der Waals surface area contributed by atoms with Crippen LogP contribution in [0.4, 0.5) is 17.1 Å². The molecule has 0 aromatic heterocycles. The van der Waals surface area contributed by atoms with Crippen molar-refractivity contribution in [1.29, 1.82) is 0 Å². The number of para-hydroxylation sites is 1. The quantitative estimate of drug-likeness (QED) is 0.150. The first-order chi connectivity index (χ1) is 28.5. The Kier molecular flexibility index (Phi) is 8.92. The number of anilines is 3. The summed E-state index contributed by atoms with van der Waals surface area (Å²) in [6.07, 6.45) is 0. The molecule has 0 atom stereocenters. The smallest absolute Gasteiger partial charge is 0.0540 e. The second kappa shape index (κ2) is 14.7. The molecule has 276 valence electrons. The molecule has 9 aromatic carbocycles. The van der Waals surface area contributed by atoms with Crippen molar-refractivity contribution in [2.24, 2.45) is 0 Å². The molecule has 0 spiro atoms. The van der Waals surface area contributed by atoms with E-state index in [1.807, 2.05) is 0 Å². The molecule has 0 saturated heterocycles. The Morgan fingerprint density at radius 2 is 0.707 bits per heavy atom. The van der Waals surface area contributed by atoms with E-state index in [2.05, 4.69) is 243 Å². The molecule has 0 heterocycles. The lowest BCUT2D eigenvalue weighted by Gasteiger charge is -2.31. The fourth-order valence-electron chi connectivity index (χ4n) is 9.03. The third kappa shape index (κ3) is 6.22. The summed E-state index contributed by atoms with van der Waals surface area (Å²) >= 11 is 0. The highest BCUT2D eigenvalue weighted by molar-refractivity contribution is 5.98. The third-order valence-electron chi connectivity index (χ3n) is 11.9. The van der Waals surface area contributed by atoms with Crippen molar-refractivity contribution in [3.05, 3.63) is 236 Å². The Labute approximate surface area is 342 Å². The Morgan fingerprint density at radius 3 is 1.31 bits per heavy atom. The van der Waals surface area contributed by atoms with Crippen LogP contribution >= 0.6 is 0 Å². The molecule has 10 rings (SSSR count). The molecule has 0 N–H and O–H groups in total. The van der Waals surface area contributed by atoms with Crippen molar-refractivity contribution in [3.63, 3.8) is 0 Å². The Bertz CT molecular complexity index is 2850. The van der Waals surface area contributed by atoms with Crippen LogP contribution in [0.1, 0.15) is 25.0 Å². The minimum absolute atomic E-state index is 0.151. The first-order valence-electron chi connectivity index (χ1n) is 20.2. The van der Waals surface area contributed by atoms with Gasteiger partial charge in [-0.3, -0.25) is 0 Å². The van der Waals surface area contributed by atoms with Crippen LogP contribution < -0.4 is 4.90 Å². The van der Waals surface area contributed by atoms with E-state index in [1.54, 1.807) is 0 Å². The maximum atomic E-state index is 2.49. The second-order valence-electron chi connectivity index (χ2n) is 15.7. The highest BCUT2D eigenvalue weighted by Gasteiger charge is 2.36. The molecule has 0 aliphatic heterocycles. The summed E-state index contributed by atoms with van der Waals surface area (Å²) in [5, 5.41) is 0. The van der Waals surface area contributed by atoms with Gasteiger partial charge < -0.3 is 4.90 Å². The first kappa shape index (κ1) is 35.2. The van der Waals surface area contributed by atoms with Crippen LogP contribution in [0.3, 0.4) is 0 Å². The predicted molar refractivity (Wildman–Crippen MR) is 246 cm³/mol. The van der Waals surface area contributed by atoms with Gasteiger partial charge in [0.25, 0.3) is 0 Å². The summed E-state index contributed by atoms with van der Waals surface area (Å²) in [7, 11) is 0. The highest BCUT2D eigenvalue weighted by atomic mass is 15.1. The van der Waals surface area contributed by atoms with Gasteiger partial charge in [0.15, 0.2) is 0 Å². The van der Waals surface area contributed by atoms with Crippen molar-refractivity contribution < 1.29 is 0 Å². The molecule has 1 nitrogen and oxygen atoms in total. The molecular formula is C57H43N. The minimum atomic E-state index is -0.151. The lowest BCUT2D eigenvalue weighted by Crippen LogP contribution is -2.17. The Hall–Kier alpha value is -7.22. The molecular weight excluding hydrogens is 699 g/mol. The average molecular weight is 742 g/mol. The zero-order valence-corrected chi connectivity index (χ0v) is 32.8. The van der Waals surface area contributed by atoms with E-state index in [9.17, 15) is 0 Å². The molecule has 1 aliphatic rings. The molecule has 0 bridgehead atoms. The van der Waals surface area contributed by atoms with Crippen molar-refractivity contribution in [2.45, 2.75) is 19.3 Å². The Morgan fingerprint density at radius 1 is 0.276 bits per heavy atom. The summed E-state index contributed by atoms with van der Waals surface area (Å²) in [6.45, 7) is 4.73. The molecule has 9 aromatic rings. The van der Waals surface area contributed by atoms with E-state index in [0.29, 0.717) is 0 Å². The monoisotopic (exact) mass is 741 g/mol. The van der Waals surface area contributed by atoms with Crippen LogP contribution in [0, 0.1) is 0 Å². The van der Waals surface area contributed by atoms with E-state index in [1.165, 1.54) is 72.3 Å². The molecule has 0 saturated carbocycles. The normalized spacial score (nSPS) is 12.4. The van der Waals surface area contributed by atoms with Crippen molar-refractivity contribution in [2.75, 3.05) is 4.90 Å². The zero-order chi connectivity index (χ0) is 39.1. The number of nitrogens with zero attached hydrogens (tertiary/aromatic N) is 1. The van der Waals surface area contributed by atoms with E-state index >= 15 is 0 Å². The van der Waals surface area contributed by atoms with E-state index in [4.69, 9.17) is 0 Å². The van der Waals surface area contributed by atoms with Crippen LogP contribution in [0.25, 0.3) is 66.8 Å². The lowest BCUT2D eigenvalue weighted by atomic mass is 9.82. The fraction of sp³-hybridized carbons (Fsp3) is 0.0526. The van der Waals surface area contributed by atoms with E-state index in [0.717, 1.165) is 22.6 Å². The van der Waals surface area contributed by atoms with Gasteiger partial charge >= 0.3 is 0 Å². The van der Waals surface area contributed by atoms with Gasteiger partial charge in [-0.1, -0.05) is 202 Å². The summed E-state index contributed by atoms with van der Waals surface area (Å²) in [6, 6.07) is 81.9. The SMILES string of the molecule is CC1(C)c2ccccc2-c2ccc(N(c3cc(-c4ccccc4)cc(-c4ccccc4)c3)c3ccccc3-c3ccccc3-c3ccccc3-c3ccccc3)cc21. The van der Waals surface area contributed by atoms with Crippen molar-refractivity contribution in [1.82, 2.24) is 0 Å². The maximum Gasteiger partial charge on any atom is 0.0540 e. The van der Waals surface area contributed by atoms with Crippen LogP contribution in [0.5, 0.6) is 0 Å². The van der Waals surface area contributed by atoms with Gasteiger partial charge in [0.1, 0.15) is 0 Å². The van der Waals surface area contributed by atoms with E-state index in [-0.39, 0.29) is 5.41 Å². The van der Waals surface area contributed by atoms with Crippen LogP contribution in [0.2, 0.25) is 0 Å². The summed E-state index contributed by atoms with van der Waals surface area (Å²) < 4.78 is 0. The van der Waals surface area contributed by atoms with Gasteiger partial charge in [0.05, 0.1) is 5.69 Å². The zero-order valence-electron chi connectivity index (χ0n) is 32.8. The molecule has 58 heavy (non-hydrogen) atoms. The lowest BCUT2D eigenvalue weighted by molar-refractivity contribution is 0.660. The minimum Gasteiger partial charge on any atom is -0.310 e. The van der Waals surface area contributed by atoms with Crippen LogP contribution in [-0.2, 0) is 5.41 Å². The number of hydrogen-bond acceptors (Lipinski definition) is 1. The fourth-order valence-corrected chi connectivity index (χ4v) is 9.03. The second-order valence-corrected chi connectivity index (χ2v) is 15.7. The summed E-state index contributed by atoms with van der Waals surface area (Å²) in [5.74, 6) is 0. The van der Waals surface area contributed by atoms with Gasteiger partial charge in [-0.15, -0.1) is 0 Å². The van der Waals surface area contributed by atoms with Gasteiger partial charge in [-0.05, 0) is 109 Å². The van der Waals surface area contributed by atoms with E-state index < -0.39 is 0 Å². The van der Waals surface area contributed by atoms with Crippen molar-refractivity contribution in [3.8, 4) is 66.8 Å².